The van der Waals surface area contributed by atoms with Gasteiger partial charge in [0.15, 0.2) is 0 Å². The number of halogens is 1. The molecular formula is C15H28BrN5. The van der Waals surface area contributed by atoms with Crippen molar-refractivity contribution in [2.75, 3.05) is 20.6 Å². The number of nitrogens with one attached hydrogen (secondary N) is 1. The molecule has 1 aromatic heterocycles. The van der Waals surface area contributed by atoms with E-state index in [-0.39, 0.29) is 6.04 Å². The Morgan fingerprint density at radius 3 is 2.76 bits per heavy atom. The van der Waals surface area contributed by atoms with Crippen molar-refractivity contribution in [3.8, 4) is 0 Å². The summed E-state index contributed by atoms with van der Waals surface area (Å²) in [6.45, 7) is 1.86. The molecule has 0 saturated heterocycles. The SMILES string of the molecule is CN(C)CCn1ncc(Br)c1C(CC1CCCCC1)NN. The van der Waals surface area contributed by atoms with E-state index in [2.05, 4.69) is 50.1 Å². The highest BCUT2D eigenvalue weighted by atomic mass is 79.9. The molecule has 0 amide bonds. The Kier molecular flexibility index (Phi) is 6.67. The van der Waals surface area contributed by atoms with Gasteiger partial charge in [0, 0.05) is 6.54 Å². The fourth-order valence-electron chi connectivity index (χ4n) is 3.21. The van der Waals surface area contributed by atoms with E-state index < -0.39 is 0 Å². The van der Waals surface area contributed by atoms with Gasteiger partial charge in [-0.15, -0.1) is 0 Å². The van der Waals surface area contributed by atoms with Crippen molar-refractivity contribution in [2.24, 2.45) is 11.8 Å². The van der Waals surface area contributed by atoms with E-state index in [0.29, 0.717) is 0 Å². The summed E-state index contributed by atoms with van der Waals surface area (Å²) in [5, 5.41) is 4.50. The molecule has 3 N–H and O–H groups in total. The summed E-state index contributed by atoms with van der Waals surface area (Å²) in [5.41, 5.74) is 4.20. The lowest BCUT2D eigenvalue weighted by atomic mass is 9.84. The lowest BCUT2D eigenvalue weighted by Gasteiger charge is -2.27. The molecule has 2 rings (SSSR count). The second-order valence-corrected chi connectivity index (χ2v) is 7.22. The first-order valence-corrected chi connectivity index (χ1v) is 8.73. The Hall–Kier alpha value is -0.430. The van der Waals surface area contributed by atoms with Gasteiger partial charge in [-0.05, 0) is 42.4 Å². The van der Waals surface area contributed by atoms with Crippen molar-refractivity contribution in [3.63, 3.8) is 0 Å². The lowest BCUT2D eigenvalue weighted by molar-refractivity contribution is 0.290. The highest BCUT2D eigenvalue weighted by Crippen LogP contribution is 2.33. The molecule has 1 fully saturated rings. The van der Waals surface area contributed by atoms with Crippen molar-refractivity contribution >= 4 is 15.9 Å². The molecule has 1 aliphatic carbocycles. The molecule has 21 heavy (non-hydrogen) atoms. The first-order valence-electron chi connectivity index (χ1n) is 7.94. The van der Waals surface area contributed by atoms with Crippen molar-refractivity contribution in [1.82, 2.24) is 20.1 Å². The molecule has 120 valence electrons. The fraction of sp³-hybridized carbons (Fsp3) is 0.800. The topological polar surface area (TPSA) is 59.1 Å². The molecule has 0 aliphatic heterocycles. The van der Waals surface area contributed by atoms with Gasteiger partial charge in [-0.2, -0.15) is 5.10 Å². The van der Waals surface area contributed by atoms with Gasteiger partial charge in [-0.25, -0.2) is 0 Å². The number of hydrogen-bond donors (Lipinski definition) is 2. The van der Waals surface area contributed by atoms with Crippen LogP contribution in [0.5, 0.6) is 0 Å². The number of hydrazine groups is 1. The number of nitrogens with two attached hydrogens (primary N) is 1. The zero-order chi connectivity index (χ0) is 15.2. The first kappa shape index (κ1) is 16.9. The zero-order valence-electron chi connectivity index (χ0n) is 13.2. The summed E-state index contributed by atoms with van der Waals surface area (Å²) in [7, 11) is 4.16. The summed E-state index contributed by atoms with van der Waals surface area (Å²) >= 11 is 3.64. The van der Waals surface area contributed by atoms with Crippen molar-refractivity contribution in [1.29, 1.82) is 0 Å². The smallest absolute Gasteiger partial charge is 0.0709 e. The van der Waals surface area contributed by atoms with Gasteiger partial charge in [0.05, 0.1) is 29.0 Å². The van der Waals surface area contributed by atoms with E-state index in [9.17, 15) is 0 Å². The molecule has 0 radical (unpaired) electrons. The third-order valence-corrected chi connectivity index (χ3v) is 5.03. The van der Waals surface area contributed by atoms with Gasteiger partial charge in [0.1, 0.15) is 0 Å². The van der Waals surface area contributed by atoms with Crippen molar-refractivity contribution in [2.45, 2.75) is 51.1 Å². The molecule has 5 nitrogen and oxygen atoms in total. The van der Waals surface area contributed by atoms with Crippen LogP contribution in [0.4, 0.5) is 0 Å². The Balaban J connectivity index is 2.07. The van der Waals surface area contributed by atoms with Crippen molar-refractivity contribution in [3.05, 3.63) is 16.4 Å². The Labute approximate surface area is 136 Å². The first-order chi connectivity index (χ1) is 10.1. The van der Waals surface area contributed by atoms with Crippen LogP contribution in [0.2, 0.25) is 0 Å². The minimum Gasteiger partial charge on any atom is -0.308 e. The Morgan fingerprint density at radius 2 is 2.14 bits per heavy atom. The van der Waals surface area contributed by atoms with E-state index >= 15 is 0 Å². The van der Waals surface area contributed by atoms with Crippen LogP contribution in [-0.4, -0.2) is 35.3 Å². The van der Waals surface area contributed by atoms with Crippen LogP contribution in [0.15, 0.2) is 10.7 Å². The molecule has 6 heteroatoms. The predicted octanol–water partition coefficient (Wildman–Crippen LogP) is 2.68. The van der Waals surface area contributed by atoms with Gasteiger partial charge < -0.3 is 4.90 Å². The van der Waals surface area contributed by atoms with E-state index in [0.717, 1.165) is 29.9 Å². The van der Waals surface area contributed by atoms with Crippen molar-refractivity contribution < 1.29 is 0 Å². The molecule has 1 unspecified atom stereocenters. The van der Waals surface area contributed by atoms with Crippen LogP contribution in [-0.2, 0) is 6.54 Å². The monoisotopic (exact) mass is 357 g/mol. The number of nitrogens with zero attached hydrogens (tertiary/aromatic N) is 3. The zero-order valence-corrected chi connectivity index (χ0v) is 14.8. The van der Waals surface area contributed by atoms with Gasteiger partial charge in [-0.3, -0.25) is 16.0 Å². The van der Waals surface area contributed by atoms with E-state index in [1.165, 1.54) is 37.8 Å². The third kappa shape index (κ3) is 4.77. The lowest BCUT2D eigenvalue weighted by Crippen LogP contribution is -2.33. The Morgan fingerprint density at radius 1 is 1.43 bits per heavy atom. The van der Waals surface area contributed by atoms with Crippen LogP contribution in [0.1, 0.15) is 50.3 Å². The van der Waals surface area contributed by atoms with E-state index in [4.69, 9.17) is 5.84 Å². The molecule has 0 spiro atoms. The minimum atomic E-state index is 0.173. The summed E-state index contributed by atoms with van der Waals surface area (Å²) < 4.78 is 3.14. The summed E-state index contributed by atoms with van der Waals surface area (Å²) in [6, 6.07) is 0.173. The maximum atomic E-state index is 5.85. The standard InChI is InChI=1S/C15H28BrN5/c1-20(2)8-9-21-15(13(16)11-18-21)14(19-17)10-12-6-4-3-5-7-12/h11-12,14,19H,3-10,17H2,1-2H3. The maximum Gasteiger partial charge on any atom is 0.0709 e. The van der Waals surface area contributed by atoms with Gasteiger partial charge in [0.2, 0.25) is 0 Å². The van der Waals surface area contributed by atoms with Gasteiger partial charge >= 0.3 is 0 Å². The highest BCUT2D eigenvalue weighted by molar-refractivity contribution is 9.10. The quantitative estimate of drug-likeness (QED) is 0.581. The molecule has 1 aromatic rings. The van der Waals surface area contributed by atoms with Crippen LogP contribution in [0.25, 0.3) is 0 Å². The molecule has 1 atom stereocenters. The number of likely N-dealkylation sites (N-methyl/N-ethyl adjacent to an activating group) is 1. The highest BCUT2D eigenvalue weighted by Gasteiger charge is 2.24. The summed E-state index contributed by atoms with van der Waals surface area (Å²) in [6.07, 6.45) is 9.77. The Bertz CT molecular complexity index is 426. The second kappa shape index (κ2) is 8.27. The molecule has 1 saturated carbocycles. The van der Waals surface area contributed by atoms with E-state index in [1.54, 1.807) is 0 Å². The average molecular weight is 358 g/mol. The molecule has 1 heterocycles. The second-order valence-electron chi connectivity index (χ2n) is 6.36. The minimum absolute atomic E-state index is 0.173. The average Bonchev–Trinajstić information content (AvgIpc) is 2.85. The third-order valence-electron chi connectivity index (χ3n) is 4.42. The predicted molar refractivity (Wildman–Crippen MR) is 89.7 cm³/mol. The number of rotatable bonds is 7. The number of hydrogen-bond acceptors (Lipinski definition) is 4. The maximum absolute atomic E-state index is 5.85. The van der Waals surface area contributed by atoms with Crippen LogP contribution in [0.3, 0.4) is 0 Å². The summed E-state index contributed by atoms with van der Waals surface area (Å²) in [4.78, 5) is 2.17. The van der Waals surface area contributed by atoms with E-state index in [1.807, 2.05) is 6.20 Å². The van der Waals surface area contributed by atoms with Gasteiger partial charge in [-0.1, -0.05) is 32.1 Å². The molecule has 0 aromatic carbocycles. The molecule has 1 aliphatic rings. The van der Waals surface area contributed by atoms with Gasteiger partial charge in [0.25, 0.3) is 0 Å². The fourth-order valence-corrected chi connectivity index (χ4v) is 3.78. The van der Waals surface area contributed by atoms with Crippen LogP contribution in [0, 0.1) is 5.92 Å². The normalized spacial score (nSPS) is 18.3. The van der Waals surface area contributed by atoms with Crippen LogP contribution >= 0.6 is 15.9 Å². The van der Waals surface area contributed by atoms with Crippen LogP contribution < -0.4 is 11.3 Å². The molecule has 0 bridgehead atoms. The number of aromatic nitrogens is 2. The largest absolute Gasteiger partial charge is 0.308 e. The molecular weight excluding hydrogens is 330 g/mol. The summed E-state index contributed by atoms with van der Waals surface area (Å²) in [5.74, 6) is 6.63.